The third-order valence-corrected chi connectivity index (χ3v) is 5.97. The zero-order valence-electron chi connectivity index (χ0n) is 9.93. The Morgan fingerprint density at radius 2 is 1.53 bits per heavy atom. The number of thiazole rings is 1. The molecule has 0 radical (unpaired) electrons. The Kier molecular flexibility index (Phi) is 2.02. The van der Waals surface area contributed by atoms with Gasteiger partial charge in [0.2, 0.25) is 0 Å². The maximum Gasteiger partial charge on any atom is 0.182 e. The van der Waals surface area contributed by atoms with Gasteiger partial charge in [0.1, 0.15) is 5.00 Å². The van der Waals surface area contributed by atoms with Crippen molar-refractivity contribution >= 4 is 21.5 Å². The summed E-state index contributed by atoms with van der Waals surface area (Å²) in [6, 6.07) is 0. The molecule has 0 unspecified atom stereocenters. The topological polar surface area (TPSA) is 64.9 Å². The van der Waals surface area contributed by atoms with E-state index in [0.29, 0.717) is 11.0 Å². The Bertz CT molecular complexity index is 426. The largest absolute Gasteiger partial charge is 0.389 e. The first-order valence-corrected chi connectivity index (χ1v) is 7.54. The summed E-state index contributed by atoms with van der Waals surface area (Å²) in [5, 5.41) is 1.52. The van der Waals surface area contributed by atoms with Crippen LogP contribution in [-0.2, 0) is 0 Å². The molecule has 4 saturated carbocycles. The molecule has 0 aliphatic heterocycles. The zero-order valence-corrected chi connectivity index (χ0v) is 10.7. The van der Waals surface area contributed by atoms with E-state index in [1.807, 2.05) is 0 Å². The molecule has 4 fully saturated rings. The maximum absolute atomic E-state index is 6.10. The molecular weight excluding hydrogens is 230 g/mol. The SMILES string of the molecule is Nc1nc(C2C3CC4CC(C3)CC2C4)c(N)s1. The first-order chi connectivity index (χ1) is 8.20. The third-order valence-electron chi connectivity index (χ3n) is 5.24. The van der Waals surface area contributed by atoms with E-state index < -0.39 is 0 Å². The number of hydrogen-bond donors (Lipinski definition) is 2. The van der Waals surface area contributed by atoms with Crippen molar-refractivity contribution in [2.75, 3.05) is 11.5 Å². The highest BCUT2D eigenvalue weighted by molar-refractivity contribution is 7.19. The van der Waals surface area contributed by atoms with Crippen LogP contribution in [0.5, 0.6) is 0 Å². The Morgan fingerprint density at radius 1 is 0.941 bits per heavy atom. The van der Waals surface area contributed by atoms with Gasteiger partial charge < -0.3 is 11.5 Å². The fourth-order valence-corrected chi connectivity index (χ4v) is 5.63. The highest BCUT2D eigenvalue weighted by atomic mass is 32.1. The van der Waals surface area contributed by atoms with Gasteiger partial charge in [-0.05, 0) is 55.8 Å². The lowest BCUT2D eigenvalue weighted by atomic mass is 9.51. The van der Waals surface area contributed by atoms with Crippen molar-refractivity contribution in [2.45, 2.75) is 38.0 Å². The molecule has 0 amide bonds. The van der Waals surface area contributed by atoms with E-state index in [1.54, 1.807) is 0 Å². The first kappa shape index (κ1) is 10.2. The fourth-order valence-electron chi connectivity index (χ4n) is 4.97. The van der Waals surface area contributed by atoms with Crippen molar-refractivity contribution in [3.8, 4) is 0 Å². The molecule has 1 aromatic rings. The van der Waals surface area contributed by atoms with Crippen molar-refractivity contribution in [3.05, 3.63) is 5.69 Å². The highest BCUT2D eigenvalue weighted by Gasteiger charge is 2.49. The molecule has 4 aliphatic carbocycles. The van der Waals surface area contributed by atoms with Gasteiger partial charge in [0.15, 0.2) is 5.13 Å². The number of anilines is 2. The van der Waals surface area contributed by atoms with Crippen LogP contribution < -0.4 is 11.5 Å². The average Bonchev–Trinajstić information content (AvgIpc) is 2.56. The van der Waals surface area contributed by atoms with E-state index in [2.05, 4.69) is 4.98 Å². The van der Waals surface area contributed by atoms with Crippen LogP contribution in [0.1, 0.15) is 43.7 Å². The maximum atomic E-state index is 6.10. The summed E-state index contributed by atoms with van der Waals surface area (Å²) in [6.07, 6.45) is 7.14. The molecule has 4 N–H and O–H groups in total. The molecule has 92 valence electrons. The van der Waals surface area contributed by atoms with Crippen LogP contribution in [0.15, 0.2) is 0 Å². The number of nitrogens with two attached hydrogens (primary N) is 2. The summed E-state index contributed by atoms with van der Waals surface area (Å²) >= 11 is 1.46. The van der Waals surface area contributed by atoms with Crippen LogP contribution in [0.25, 0.3) is 0 Å². The summed E-state index contributed by atoms with van der Waals surface area (Å²) in [5.74, 6) is 4.32. The Labute approximate surface area is 106 Å². The Balaban J connectivity index is 1.72. The molecule has 4 bridgehead atoms. The number of nitrogens with zero attached hydrogens (tertiary/aromatic N) is 1. The van der Waals surface area contributed by atoms with Gasteiger partial charge in [-0.3, -0.25) is 0 Å². The van der Waals surface area contributed by atoms with Gasteiger partial charge in [-0.2, -0.15) is 0 Å². The summed E-state index contributed by atoms with van der Waals surface area (Å²) in [4.78, 5) is 4.53. The minimum atomic E-state index is 0.622. The normalized spacial score (nSPS) is 43.2. The van der Waals surface area contributed by atoms with Crippen LogP contribution >= 0.6 is 11.3 Å². The van der Waals surface area contributed by atoms with Crippen molar-refractivity contribution in [3.63, 3.8) is 0 Å². The molecule has 0 saturated heterocycles. The number of hydrogen-bond acceptors (Lipinski definition) is 4. The third kappa shape index (κ3) is 1.43. The lowest BCUT2D eigenvalue weighted by Gasteiger charge is -2.54. The molecule has 3 nitrogen and oxygen atoms in total. The minimum Gasteiger partial charge on any atom is -0.389 e. The summed E-state index contributed by atoms with van der Waals surface area (Å²) in [6.45, 7) is 0. The van der Waals surface area contributed by atoms with Crippen molar-refractivity contribution in [1.82, 2.24) is 4.98 Å². The molecule has 0 spiro atoms. The first-order valence-electron chi connectivity index (χ1n) is 6.72. The second kappa shape index (κ2) is 3.37. The monoisotopic (exact) mass is 249 g/mol. The molecule has 4 aliphatic rings. The van der Waals surface area contributed by atoms with Crippen molar-refractivity contribution < 1.29 is 0 Å². The smallest absolute Gasteiger partial charge is 0.182 e. The standard InChI is InChI=1S/C13H19N3S/c14-12-11(16-13(15)17-12)10-8-2-6-1-7(4-8)5-9(10)3-6/h6-10H,1-5,14H2,(H2,15,16). The van der Waals surface area contributed by atoms with Crippen LogP contribution in [0.3, 0.4) is 0 Å². The van der Waals surface area contributed by atoms with E-state index in [-0.39, 0.29) is 0 Å². The van der Waals surface area contributed by atoms with Gasteiger partial charge in [0.25, 0.3) is 0 Å². The van der Waals surface area contributed by atoms with Crippen molar-refractivity contribution in [1.29, 1.82) is 0 Å². The lowest BCUT2D eigenvalue weighted by molar-refractivity contribution is -0.00369. The number of nitrogen functional groups attached to an aromatic ring is 2. The minimum absolute atomic E-state index is 0.622. The molecule has 17 heavy (non-hydrogen) atoms. The van der Waals surface area contributed by atoms with E-state index in [9.17, 15) is 0 Å². The van der Waals surface area contributed by atoms with E-state index >= 15 is 0 Å². The molecule has 1 heterocycles. The second-order valence-electron chi connectivity index (χ2n) is 6.26. The number of rotatable bonds is 1. The van der Waals surface area contributed by atoms with Gasteiger partial charge >= 0.3 is 0 Å². The molecular formula is C13H19N3S. The summed E-state index contributed by atoms with van der Waals surface area (Å²) in [5.41, 5.74) is 13.0. The van der Waals surface area contributed by atoms with Crippen molar-refractivity contribution in [2.24, 2.45) is 23.7 Å². The average molecular weight is 249 g/mol. The van der Waals surface area contributed by atoms with Gasteiger partial charge in [-0.15, -0.1) is 0 Å². The van der Waals surface area contributed by atoms with Gasteiger partial charge in [0.05, 0.1) is 5.69 Å². The van der Waals surface area contributed by atoms with Gasteiger partial charge in [0, 0.05) is 5.92 Å². The van der Waals surface area contributed by atoms with Gasteiger partial charge in [-0.1, -0.05) is 11.3 Å². The molecule has 1 aromatic heterocycles. The van der Waals surface area contributed by atoms with Crippen LogP contribution in [0.2, 0.25) is 0 Å². The Morgan fingerprint density at radius 3 is 2.00 bits per heavy atom. The zero-order chi connectivity index (χ0) is 11.6. The molecule has 0 aromatic carbocycles. The van der Waals surface area contributed by atoms with Crippen LogP contribution in [0.4, 0.5) is 10.1 Å². The van der Waals surface area contributed by atoms with Crippen LogP contribution in [0, 0.1) is 23.7 Å². The number of aromatic nitrogens is 1. The predicted molar refractivity (Wildman–Crippen MR) is 70.7 cm³/mol. The summed E-state index contributed by atoms with van der Waals surface area (Å²) in [7, 11) is 0. The predicted octanol–water partition coefficient (Wildman–Crippen LogP) is 2.85. The van der Waals surface area contributed by atoms with Crippen LogP contribution in [-0.4, -0.2) is 4.98 Å². The highest BCUT2D eigenvalue weighted by Crippen LogP contribution is 2.60. The van der Waals surface area contributed by atoms with Gasteiger partial charge in [-0.25, -0.2) is 4.98 Å². The van der Waals surface area contributed by atoms with E-state index in [0.717, 1.165) is 34.4 Å². The summed E-state index contributed by atoms with van der Waals surface area (Å²) < 4.78 is 0. The molecule has 0 atom stereocenters. The second-order valence-corrected chi connectivity index (χ2v) is 7.32. The Hall–Kier alpha value is -0.770. The molecule has 5 rings (SSSR count). The van der Waals surface area contributed by atoms with E-state index in [1.165, 1.54) is 43.4 Å². The van der Waals surface area contributed by atoms with E-state index in [4.69, 9.17) is 11.5 Å². The fraction of sp³-hybridized carbons (Fsp3) is 0.769. The quantitative estimate of drug-likeness (QED) is 0.804. The lowest BCUT2D eigenvalue weighted by Crippen LogP contribution is -2.44. The molecule has 4 heteroatoms.